The summed E-state index contributed by atoms with van der Waals surface area (Å²) in [4.78, 5) is 29.8. The monoisotopic (exact) mass is 403 g/mol. The number of anilines is 2. The summed E-state index contributed by atoms with van der Waals surface area (Å²) >= 11 is 1.33. The Balaban J connectivity index is 1.63. The van der Waals surface area contributed by atoms with Crippen LogP contribution in [0.25, 0.3) is 0 Å². The number of carbonyl (C=O) groups excluding carboxylic acids is 2. The van der Waals surface area contributed by atoms with E-state index in [1.807, 2.05) is 38.7 Å². The number of amides is 2. The van der Waals surface area contributed by atoms with E-state index in [0.717, 1.165) is 11.3 Å². The molecule has 1 aromatic heterocycles. The first kappa shape index (κ1) is 20.3. The normalized spacial score (nSPS) is 14.9. The van der Waals surface area contributed by atoms with E-state index in [-0.39, 0.29) is 17.6 Å². The number of hydrogen-bond acceptors (Lipinski definition) is 4. The van der Waals surface area contributed by atoms with E-state index in [2.05, 4.69) is 10.2 Å². The summed E-state index contributed by atoms with van der Waals surface area (Å²) in [5.74, 6) is -0.321. The fourth-order valence-electron chi connectivity index (χ4n) is 3.02. The SMILES string of the molecule is Cc1cc(NC(=O)C(C)(C)C)sc1C(=O)N1CCN(c2ccc(F)cc2)CC1. The van der Waals surface area contributed by atoms with Crippen molar-refractivity contribution < 1.29 is 14.0 Å². The second-order valence-corrected chi connectivity index (χ2v) is 9.13. The zero-order valence-electron chi connectivity index (χ0n) is 16.7. The van der Waals surface area contributed by atoms with Gasteiger partial charge in [-0.05, 0) is 42.8 Å². The predicted molar refractivity (Wildman–Crippen MR) is 112 cm³/mol. The molecular formula is C21H26FN3O2S. The van der Waals surface area contributed by atoms with Crippen molar-refractivity contribution >= 4 is 33.8 Å². The van der Waals surface area contributed by atoms with E-state index in [1.165, 1.54) is 23.5 Å². The van der Waals surface area contributed by atoms with Crippen LogP contribution in [0.5, 0.6) is 0 Å². The molecule has 28 heavy (non-hydrogen) atoms. The zero-order valence-corrected chi connectivity index (χ0v) is 17.5. The fourth-order valence-corrected chi connectivity index (χ4v) is 4.05. The number of nitrogens with one attached hydrogen (secondary N) is 1. The smallest absolute Gasteiger partial charge is 0.264 e. The number of rotatable bonds is 3. The Bertz CT molecular complexity index is 863. The highest BCUT2D eigenvalue weighted by atomic mass is 32.1. The summed E-state index contributed by atoms with van der Waals surface area (Å²) in [5, 5.41) is 3.60. The van der Waals surface area contributed by atoms with Crippen molar-refractivity contribution in [3.63, 3.8) is 0 Å². The van der Waals surface area contributed by atoms with Gasteiger partial charge in [0.05, 0.1) is 9.88 Å². The minimum absolute atomic E-state index is 0.00230. The van der Waals surface area contributed by atoms with Crippen molar-refractivity contribution in [2.24, 2.45) is 5.41 Å². The third-order valence-corrected chi connectivity index (χ3v) is 5.93. The molecule has 1 N–H and O–H groups in total. The van der Waals surface area contributed by atoms with Gasteiger partial charge in [-0.3, -0.25) is 9.59 Å². The summed E-state index contributed by atoms with van der Waals surface area (Å²) in [5.41, 5.74) is 1.35. The molecule has 5 nitrogen and oxygen atoms in total. The second kappa shape index (κ2) is 7.91. The number of thiophene rings is 1. The molecule has 2 aromatic rings. The van der Waals surface area contributed by atoms with E-state index in [9.17, 15) is 14.0 Å². The molecule has 0 saturated carbocycles. The van der Waals surface area contributed by atoms with Crippen molar-refractivity contribution in [1.82, 2.24) is 4.90 Å². The number of nitrogens with zero attached hydrogens (tertiary/aromatic N) is 2. The molecule has 0 radical (unpaired) electrons. The van der Waals surface area contributed by atoms with Gasteiger partial charge in [0.15, 0.2) is 0 Å². The molecular weight excluding hydrogens is 377 g/mol. The lowest BCUT2D eigenvalue weighted by atomic mass is 9.96. The predicted octanol–water partition coefficient (Wildman–Crippen LogP) is 4.14. The minimum atomic E-state index is -0.487. The molecule has 3 rings (SSSR count). The van der Waals surface area contributed by atoms with Gasteiger partial charge in [-0.2, -0.15) is 0 Å². The Labute approximate surface area is 169 Å². The maximum absolute atomic E-state index is 13.1. The van der Waals surface area contributed by atoms with Crippen molar-refractivity contribution in [2.75, 3.05) is 36.4 Å². The Hall–Kier alpha value is -2.41. The number of halogens is 1. The minimum Gasteiger partial charge on any atom is -0.368 e. The topological polar surface area (TPSA) is 52.7 Å². The van der Waals surface area contributed by atoms with Crippen molar-refractivity contribution in [3.8, 4) is 0 Å². The van der Waals surface area contributed by atoms with E-state index >= 15 is 0 Å². The summed E-state index contributed by atoms with van der Waals surface area (Å²) in [6, 6.07) is 8.29. The first-order valence-corrected chi connectivity index (χ1v) is 10.2. The molecule has 150 valence electrons. The van der Waals surface area contributed by atoms with Gasteiger partial charge in [0.1, 0.15) is 5.82 Å². The van der Waals surface area contributed by atoms with E-state index < -0.39 is 5.41 Å². The molecule has 0 unspecified atom stereocenters. The van der Waals surface area contributed by atoms with Gasteiger partial charge in [0.25, 0.3) is 5.91 Å². The number of benzene rings is 1. The van der Waals surface area contributed by atoms with Crippen LogP contribution in [-0.4, -0.2) is 42.9 Å². The summed E-state index contributed by atoms with van der Waals surface area (Å²) < 4.78 is 13.1. The molecule has 0 spiro atoms. The number of aryl methyl sites for hydroxylation is 1. The lowest BCUT2D eigenvalue weighted by molar-refractivity contribution is -0.123. The molecule has 1 aliphatic heterocycles. The van der Waals surface area contributed by atoms with Crippen LogP contribution >= 0.6 is 11.3 Å². The number of carbonyl (C=O) groups is 2. The van der Waals surface area contributed by atoms with Crippen LogP contribution in [0.2, 0.25) is 0 Å². The Morgan fingerprint density at radius 1 is 1.07 bits per heavy atom. The Morgan fingerprint density at radius 3 is 2.25 bits per heavy atom. The van der Waals surface area contributed by atoms with Gasteiger partial charge in [-0.1, -0.05) is 20.8 Å². The van der Waals surface area contributed by atoms with Crippen molar-refractivity contribution in [1.29, 1.82) is 0 Å². The van der Waals surface area contributed by atoms with Crippen LogP contribution in [0, 0.1) is 18.2 Å². The highest BCUT2D eigenvalue weighted by molar-refractivity contribution is 7.18. The number of piperazine rings is 1. The first-order chi connectivity index (χ1) is 13.1. The quantitative estimate of drug-likeness (QED) is 0.838. The fraction of sp³-hybridized carbons (Fsp3) is 0.429. The maximum atomic E-state index is 13.1. The molecule has 1 aliphatic rings. The first-order valence-electron chi connectivity index (χ1n) is 9.37. The van der Waals surface area contributed by atoms with Gasteiger partial charge >= 0.3 is 0 Å². The standard InChI is InChI=1S/C21H26FN3O2S/c1-14-13-17(23-20(27)21(2,3)4)28-18(14)19(26)25-11-9-24(10-12-25)16-7-5-15(22)6-8-16/h5-8,13H,9-12H2,1-4H3,(H,23,27). The van der Waals surface area contributed by atoms with Crippen LogP contribution in [0.1, 0.15) is 36.0 Å². The molecule has 2 amide bonds. The Kier molecular flexibility index (Phi) is 5.74. The third kappa shape index (κ3) is 4.52. The summed E-state index contributed by atoms with van der Waals surface area (Å²) in [7, 11) is 0. The highest BCUT2D eigenvalue weighted by Gasteiger charge is 2.26. The largest absolute Gasteiger partial charge is 0.368 e. The molecule has 1 aromatic carbocycles. The van der Waals surface area contributed by atoms with Crippen LogP contribution in [0.3, 0.4) is 0 Å². The molecule has 1 fully saturated rings. The second-order valence-electron chi connectivity index (χ2n) is 8.08. The van der Waals surface area contributed by atoms with Gasteiger partial charge in [0.2, 0.25) is 5.91 Å². The van der Waals surface area contributed by atoms with Crippen LogP contribution in [0.15, 0.2) is 30.3 Å². The third-order valence-electron chi connectivity index (χ3n) is 4.79. The average molecular weight is 404 g/mol. The van der Waals surface area contributed by atoms with Gasteiger partial charge in [-0.25, -0.2) is 4.39 Å². The summed E-state index contributed by atoms with van der Waals surface area (Å²) in [6.07, 6.45) is 0. The molecule has 0 aliphatic carbocycles. The maximum Gasteiger partial charge on any atom is 0.264 e. The van der Waals surface area contributed by atoms with E-state index in [4.69, 9.17) is 0 Å². The lowest BCUT2D eigenvalue weighted by Crippen LogP contribution is -2.48. The molecule has 0 atom stereocenters. The van der Waals surface area contributed by atoms with Crippen molar-refractivity contribution in [3.05, 3.63) is 46.6 Å². The van der Waals surface area contributed by atoms with Crippen LogP contribution < -0.4 is 10.2 Å². The van der Waals surface area contributed by atoms with Crippen molar-refractivity contribution in [2.45, 2.75) is 27.7 Å². The summed E-state index contributed by atoms with van der Waals surface area (Å²) in [6.45, 7) is 10.1. The van der Waals surface area contributed by atoms with E-state index in [1.54, 1.807) is 12.1 Å². The zero-order chi connectivity index (χ0) is 20.5. The molecule has 2 heterocycles. The molecule has 1 saturated heterocycles. The van der Waals surface area contributed by atoms with Gasteiger partial charge in [0, 0.05) is 37.3 Å². The van der Waals surface area contributed by atoms with Gasteiger partial charge < -0.3 is 15.1 Å². The average Bonchev–Trinajstić information content (AvgIpc) is 3.01. The highest BCUT2D eigenvalue weighted by Crippen LogP contribution is 2.30. The lowest BCUT2D eigenvalue weighted by Gasteiger charge is -2.36. The number of hydrogen-bond donors (Lipinski definition) is 1. The Morgan fingerprint density at radius 2 is 1.68 bits per heavy atom. The van der Waals surface area contributed by atoms with Crippen LogP contribution in [0.4, 0.5) is 15.1 Å². The van der Waals surface area contributed by atoms with Crippen LogP contribution in [-0.2, 0) is 4.79 Å². The van der Waals surface area contributed by atoms with Gasteiger partial charge in [-0.15, -0.1) is 11.3 Å². The molecule has 7 heteroatoms. The molecule has 0 bridgehead atoms. The van der Waals surface area contributed by atoms with E-state index in [0.29, 0.717) is 36.1 Å².